The number of ether oxygens (including phenoxy) is 1. The fourth-order valence-corrected chi connectivity index (χ4v) is 3.11. The van der Waals surface area contributed by atoms with E-state index in [1.54, 1.807) is 11.6 Å². The third-order valence-corrected chi connectivity index (χ3v) is 4.76. The molecule has 2 aromatic carbocycles. The van der Waals surface area contributed by atoms with Crippen LogP contribution < -0.4 is 11.1 Å². The topological polar surface area (TPSA) is 134 Å². The number of rotatable bonds is 6. The van der Waals surface area contributed by atoms with Crippen LogP contribution in [0.3, 0.4) is 0 Å². The van der Waals surface area contributed by atoms with Crippen molar-refractivity contribution in [2.45, 2.75) is 27.4 Å². The maximum atomic E-state index is 12.6. The van der Waals surface area contributed by atoms with E-state index < -0.39 is 5.97 Å². The van der Waals surface area contributed by atoms with Crippen molar-refractivity contribution in [3.63, 3.8) is 0 Å². The number of nitrogens with zero attached hydrogens (tertiary/aromatic N) is 6. The Balaban J connectivity index is 1.48. The number of carbonyl (C=O) groups excluding carboxylic acids is 1. The van der Waals surface area contributed by atoms with Crippen molar-refractivity contribution >= 4 is 23.6 Å². The molecule has 2 heterocycles. The second-order valence-electron chi connectivity index (χ2n) is 7.22. The molecular weight excluding hydrogens is 408 g/mol. The van der Waals surface area contributed by atoms with Crippen LogP contribution in [-0.2, 0) is 11.3 Å². The molecule has 32 heavy (non-hydrogen) atoms. The average Bonchev–Trinajstić information content (AvgIpc) is 3.15. The summed E-state index contributed by atoms with van der Waals surface area (Å²) in [5.41, 5.74) is 10.2. The molecule has 3 N–H and O–H groups in total. The number of nitrogens with two attached hydrogens (primary N) is 1. The number of anilines is 3. The minimum absolute atomic E-state index is 0.0173. The van der Waals surface area contributed by atoms with Gasteiger partial charge < -0.3 is 15.8 Å². The van der Waals surface area contributed by atoms with E-state index in [1.807, 2.05) is 62.4 Å². The van der Waals surface area contributed by atoms with Gasteiger partial charge in [0.25, 0.3) is 0 Å². The molecule has 0 aliphatic carbocycles. The van der Waals surface area contributed by atoms with Gasteiger partial charge in [-0.05, 0) is 50.1 Å². The standard InChI is InChI=1S/C22H22N8O2/c1-13-7-6-9-16(11-13)30-15(3)19(28-29-30)20(31)32-12-18-25-21(23)27-22(26-18)24-17-10-5-4-8-14(17)2/h4-11H,12H2,1-3H3,(H3,23,24,25,26,27). The molecule has 10 nitrogen and oxygen atoms in total. The Labute approximate surface area is 184 Å². The number of para-hydroxylation sites is 1. The lowest BCUT2D eigenvalue weighted by atomic mass is 10.2. The Kier molecular flexibility index (Phi) is 5.75. The second kappa shape index (κ2) is 8.80. The molecule has 2 aromatic heterocycles. The van der Waals surface area contributed by atoms with E-state index in [1.165, 1.54) is 0 Å². The first-order valence-electron chi connectivity index (χ1n) is 9.90. The summed E-state index contributed by atoms with van der Waals surface area (Å²) in [5.74, 6) is -0.136. The van der Waals surface area contributed by atoms with Gasteiger partial charge in [0.15, 0.2) is 18.1 Å². The number of benzene rings is 2. The van der Waals surface area contributed by atoms with Crippen LogP contribution in [0.5, 0.6) is 0 Å². The smallest absolute Gasteiger partial charge is 0.361 e. The molecule has 0 saturated heterocycles. The van der Waals surface area contributed by atoms with E-state index in [4.69, 9.17) is 10.5 Å². The van der Waals surface area contributed by atoms with Crippen molar-refractivity contribution in [1.29, 1.82) is 0 Å². The number of carbonyl (C=O) groups is 1. The third-order valence-electron chi connectivity index (χ3n) is 4.76. The Morgan fingerprint density at radius 1 is 1.06 bits per heavy atom. The Hall–Kier alpha value is -4.34. The summed E-state index contributed by atoms with van der Waals surface area (Å²) in [6.07, 6.45) is 0. The van der Waals surface area contributed by atoms with E-state index in [0.29, 0.717) is 5.69 Å². The largest absolute Gasteiger partial charge is 0.453 e. The molecule has 0 unspecified atom stereocenters. The number of aryl methyl sites for hydroxylation is 2. The summed E-state index contributed by atoms with van der Waals surface area (Å²) >= 11 is 0. The SMILES string of the molecule is Cc1cccc(-n2nnc(C(=O)OCc3nc(N)nc(Nc4ccccc4C)n3)c2C)c1. The lowest BCUT2D eigenvalue weighted by molar-refractivity contribution is 0.0454. The van der Waals surface area contributed by atoms with Crippen molar-refractivity contribution in [3.8, 4) is 5.69 Å². The van der Waals surface area contributed by atoms with E-state index in [-0.39, 0.29) is 30.0 Å². The summed E-state index contributed by atoms with van der Waals surface area (Å²) < 4.78 is 6.95. The molecule has 0 spiro atoms. The first-order valence-corrected chi connectivity index (χ1v) is 9.90. The zero-order chi connectivity index (χ0) is 22.7. The van der Waals surface area contributed by atoms with Gasteiger partial charge in [0.2, 0.25) is 11.9 Å². The molecule has 0 bridgehead atoms. The lowest BCUT2D eigenvalue weighted by Crippen LogP contribution is -2.12. The summed E-state index contributed by atoms with van der Waals surface area (Å²) in [6.45, 7) is 5.50. The number of hydrogen-bond acceptors (Lipinski definition) is 9. The molecule has 0 fully saturated rings. The van der Waals surface area contributed by atoms with Gasteiger partial charge in [0, 0.05) is 5.69 Å². The first-order chi connectivity index (χ1) is 15.4. The maximum absolute atomic E-state index is 12.6. The molecule has 4 rings (SSSR count). The fraction of sp³-hybridized carbons (Fsp3) is 0.182. The highest BCUT2D eigenvalue weighted by molar-refractivity contribution is 5.88. The van der Waals surface area contributed by atoms with Gasteiger partial charge in [-0.25, -0.2) is 9.48 Å². The molecular formula is C22H22N8O2. The Morgan fingerprint density at radius 2 is 1.88 bits per heavy atom. The second-order valence-corrected chi connectivity index (χ2v) is 7.22. The Morgan fingerprint density at radius 3 is 2.66 bits per heavy atom. The van der Waals surface area contributed by atoms with Gasteiger partial charge >= 0.3 is 5.97 Å². The zero-order valence-corrected chi connectivity index (χ0v) is 17.9. The van der Waals surface area contributed by atoms with Gasteiger partial charge in [-0.3, -0.25) is 0 Å². The average molecular weight is 430 g/mol. The first kappa shape index (κ1) is 20.9. The normalized spacial score (nSPS) is 10.7. The van der Waals surface area contributed by atoms with Crippen LogP contribution in [0.2, 0.25) is 0 Å². The van der Waals surface area contributed by atoms with E-state index in [2.05, 4.69) is 30.6 Å². The molecule has 0 radical (unpaired) electrons. The molecule has 4 aromatic rings. The molecule has 0 amide bonds. The van der Waals surface area contributed by atoms with Crippen LogP contribution in [0.4, 0.5) is 17.6 Å². The van der Waals surface area contributed by atoms with Crippen LogP contribution in [0, 0.1) is 20.8 Å². The van der Waals surface area contributed by atoms with Crippen molar-refractivity contribution in [3.05, 3.63) is 76.9 Å². The molecule has 10 heteroatoms. The minimum atomic E-state index is -0.631. The summed E-state index contributed by atoms with van der Waals surface area (Å²) in [7, 11) is 0. The highest BCUT2D eigenvalue weighted by Gasteiger charge is 2.19. The molecule has 0 aliphatic rings. The van der Waals surface area contributed by atoms with Crippen molar-refractivity contribution in [2.24, 2.45) is 0 Å². The van der Waals surface area contributed by atoms with Gasteiger partial charge in [-0.15, -0.1) is 5.10 Å². The van der Waals surface area contributed by atoms with E-state index in [9.17, 15) is 4.79 Å². The minimum Gasteiger partial charge on any atom is -0.453 e. The van der Waals surface area contributed by atoms with Crippen molar-refractivity contribution in [2.75, 3.05) is 11.1 Å². The number of aromatic nitrogens is 6. The highest BCUT2D eigenvalue weighted by Crippen LogP contribution is 2.18. The third kappa shape index (κ3) is 4.53. The number of nitrogen functional groups attached to an aromatic ring is 1. The van der Waals surface area contributed by atoms with E-state index >= 15 is 0 Å². The quantitative estimate of drug-likeness (QED) is 0.443. The maximum Gasteiger partial charge on any atom is 0.361 e. The number of nitrogens with one attached hydrogen (secondary N) is 1. The number of hydrogen-bond donors (Lipinski definition) is 2. The monoisotopic (exact) mass is 430 g/mol. The van der Waals surface area contributed by atoms with Crippen molar-refractivity contribution < 1.29 is 9.53 Å². The highest BCUT2D eigenvalue weighted by atomic mass is 16.5. The van der Waals surface area contributed by atoms with Crippen LogP contribution in [-0.4, -0.2) is 35.9 Å². The zero-order valence-electron chi connectivity index (χ0n) is 17.9. The van der Waals surface area contributed by atoms with Crippen LogP contribution >= 0.6 is 0 Å². The van der Waals surface area contributed by atoms with Gasteiger partial charge in [0.1, 0.15) is 0 Å². The lowest BCUT2D eigenvalue weighted by Gasteiger charge is -2.09. The van der Waals surface area contributed by atoms with Crippen molar-refractivity contribution in [1.82, 2.24) is 29.9 Å². The summed E-state index contributed by atoms with van der Waals surface area (Å²) in [6, 6.07) is 15.4. The molecule has 0 aliphatic heterocycles. The van der Waals surface area contributed by atoms with E-state index in [0.717, 1.165) is 22.5 Å². The van der Waals surface area contributed by atoms with Gasteiger partial charge in [-0.1, -0.05) is 35.5 Å². The Bertz CT molecular complexity index is 1280. The van der Waals surface area contributed by atoms with Crippen LogP contribution in [0.1, 0.15) is 33.1 Å². The fourth-order valence-electron chi connectivity index (χ4n) is 3.11. The van der Waals surface area contributed by atoms with Gasteiger partial charge in [0.05, 0.1) is 11.4 Å². The van der Waals surface area contributed by atoms with Crippen LogP contribution in [0.25, 0.3) is 5.69 Å². The summed E-state index contributed by atoms with van der Waals surface area (Å²) in [5, 5.41) is 11.2. The van der Waals surface area contributed by atoms with Crippen LogP contribution in [0.15, 0.2) is 48.5 Å². The predicted molar refractivity (Wildman–Crippen MR) is 119 cm³/mol. The summed E-state index contributed by atoms with van der Waals surface area (Å²) in [4.78, 5) is 25.0. The molecule has 162 valence electrons. The predicted octanol–water partition coefficient (Wildman–Crippen LogP) is 3.06. The molecule has 0 atom stereocenters. The van der Waals surface area contributed by atoms with Gasteiger partial charge in [-0.2, -0.15) is 15.0 Å². The molecule has 0 saturated carbocycles. The number of esters is 1.